The molecule has 1 rings (SSSR count). The monoisotopic (exact) mass is 232 g/mol. The summed E-state index contributed by atoms with van der Waals surface area (Å²) in [5.74, 6) is 0. The van der Waals surface area contributed by atoms with Gasteiger partial charge in [-0.15, -0.1) is 0 Å². The standard InChI is InChI=1S/C11H25N2OP/c1-9(2)13(10(3)4)15-12-6-7-14-11(5)8-12/h9-11,15H,6-8H2,1-5H3. The van der Waals surface area contributed by atoms with Gasteiger partial charge in [-0.3, -0.25) is 9.34 Å². The third-order valence-corrected chi connectivity index (χ3v) is 4.56. The van der Waals surface area contributed by atoms with E-state index in [1.807, 2.05) is 0 Å². The third kappa shape index (κ3) is 4.36. The van der Waals surface area contributed by atoms with Gasteiger partial charge in [0.2, 0.25) is 0 Å². The van der Waals surface area contributed by atoms with E-state index in [0.29, 0.717) is 18.2 Å². The van der Waals surface area contributed by atoms with Gasteiger partial charge in [0.25, 0.3) is 0 Å². The van der Waals surface area contributed by atoms with Crippen LogP contribution in [-0.2, 0) is 4.74 Å². The molecule has 1 saturated heterocycles. The fraction of sp³-hybridized carbons (Fsp3) is 1.00. The Kier molecular flexibility index (Phi) is 5.48. The predicted molar refractivity (Wildman–Crippen MR) is 67.4 cm³/mol. The number of nitrogens with zero attached hydrogens (tertiary/aromatic N) is 2. The summed E-state index contributed by atoms with van der Waals surface area (Å²) >= 11 is 0. The number of rotatable bonds is 4. The van der Waals surface area contributed by atoms with Crippen LogP contribution in [0.1, 0.15) is 34.6 Å². The van der Waals surface area contributed by atoms with Crippen molar-refractivity contribution >= 4 is 8.88 Å². The van der Waals surface area contributed by atoms with Gasteiger partial charge in [-0.2, -0.15) is 0 Å². The molecule has 0 aromatic heterocycles. The van der Waals surface area contributed by atoms with Gasteiger partial charge in [0, 0.05) is 34.1 Å². The zero-order valence-corrected chi connectivity index (χ0v) is 11.7. The lowest BCUT2D eigenvalue weighted by Crippen LogP contribution is -2.40. The molecular formula is C11H25N2OP. The number of ether oxygens (including phenoxy) is 1. The highest BCUT2D eigenvalue weighted by Crippen LogP contribution is 2.30. The van der Waals surface area contributed by atoms with Gasteiger partial charge in [0.15, 0.2) is 0 Å². The molecule has 15 heavy (non-hydrogen) atoms. The van der Waals surface area contributed by atoms with Crippen LogP contribution in [-0.4, -0.2) is 47.2 Å². The van der Waals surface area contributed by atoms with E-state index in [0.717, 1.165) is 28.6 Å². The molecule has 0 aromatic rings. The second-order valence-electron chi connectivity index (χ2n) is 4.82. The molecule has 3 nitrogen and oxygen atoms in total. The van der Waals surface area contributed by atoms with Crippen molar-refractivity contribution in [2.24, 2.45) is 0 Å². The first-order chi connectivity index (χ1) is 7.00. The van der Waals surface area contributed by atoms with Gasteiger partial charge in [0.1, 0.15) is 0 Å². The number of morpholine rings is 1. The first-order valence-electron chi connectivity index (χ1n) is 5.92. The van der Waals surface area contributed by atoms with Crippen molar-refractivity contribution in [1.82, 2.24) is 9.34 Å². The summed E-state index contributed by atoms with van der Waals surface area (Å²) in [4.78, 5) is 0. The predicted octanol–water partition coefficient (Wildman–Crippen LogP) is 2.33. The second kappa shape index (κ2) is 6.15. The lowest BCUT2D eigenvalue weighted by molar-refractivity contribution is 0.0103. The summed E-state index contributed by atoms with van der Waals surface area (Å²) in [5, 5.41) is 0. The van der Waals surface area contributed by atoms with E-state index in [1.165, 1.54) is 0 Å². The Labute approximate surface area is 96.0 Å². The van der Waals surface area contributed by atoms with Crippen LogP contribution in [0.4, 0.5) is 0 Å². The molecule has 1 aliphatic rings. The normalized spacial score (nSPS) is 25.2. The highest BCUT2D eigenvalue weighted by Gasteiger charge is 2.21. The summed E-state index contributed by atoms with van der Waals surface area (Å²) in [5.41, 5.74) is 0. The van der Waals surface area contributed by atoms with E-state index in [2.05, 4.69) is 44.0 Å². The van der Waals surface area contributed by atoms with Gasteiger partial charge < -0.3 is 4.74 Å². The van der Waals surface area contributed by atoms with Gasteiger partial charge in [0.05, 0.1) is 12.7 Å². The molecule has 90 valence electrons. The lowest BCUT2D eigenvalue weighted by atomic mass is 10.3. The summed E-state index contributed by atoms with van der Waals surface area (Å²) in [6.07, 6.45) is 0.396. The minimum atomic E-state index is 0.396. The molecule has 2 unspecified atom stereocenters. The summed E-state index contributed by atoms with van der Waals surface area (Å²) in [6, 6.07) is 1.25. The van der Waals surface area contributed by atoms with E-state index in [4.69, 9.17) is 4.74 Å². The van der Waals surface area contributed by atoms with Crippen molar-refractivity contribution in [3.05, 3.63) is 0 Å². The topological polar surface area (TPSA) is 15.7 Å². The molecule has 0 radical (unpaired) electrons. The van der Waals surface area contributed by atoms with Crippen LogP contribution >= 0.6 is 8.88 Å². The van der Waals surface area contributed by atoms with E-state index < -0.39 is 0 Å². The number of hydrogen-bond donors (Lipinski definition) is 0. The second-order valence-corrected chi connectivity index (χ2v) is 6.17. The van der Waals surface area contributed by atoms with Crippen molar-refractivity contribution in [2.45, 2.75) is 52.8 Å². The van der Waals surface area contributed by atoms with Crippen LogP contribution in [0.15, 0.2) is 0 Å². The molecule has 2 atom stereocenters. The molecule has 0 aliphatic carbocycles. The molecule has 0 spiro atoms. The van der Waals surface area contributed by atoms with Crippen molar-refractivity contribution in [3.63, 3.8) is 0 Å². The Morgan fingerprint density at radius 1 is 1.27 bits per heavy atom. The van der Waals surface area contributed by atoms with Crippen molar-refractivity contribution in [3.8, 4) is 0 Å². The molecule has 0 saturated carbocycles. The van der Waals surface area contributed by atoms with Crippen LogP contribution in [0.3, 0.4) is 0 Å². The third-order valence-electron chi connectivity index (χ3n) is 2.61. The Hall–Kier alpha value is 0.310. The zero-order valence-electron chi connectivity index (χ0n) is 10.7. The average molecular weight is 232 g/mol. The molecule has 0 N–H and O–H groups in total. The Morgan fingerprint density at radius 3 is 2.33 bits per heavy atom. The first-order valence-corrected chi connectivity index (χ1v) is 6.81. The smallest absolute Gasteiger partial charge is 0.0678 e. The maximum Gasteiger partial charge on any atom is 0.0678 e. The van der Waals surface area contributed by atoms with E-state index in [-0.39, 0.29) is 0 Å². The van der Waals surface area contributed by atoms with Crippen LogP contribution in [0.25, 0.3) is 0 Å². The Bertz CT molecular complexity index is 179. The molecule has 0 amide bonds. The fourth-order valence-electron chi connectivity index (χ4n) is 1.90. The fourth-order valence-corrected chi connectivity index (χ4v) is 3.22. The van der Waals surface area contributed by atoms with Gasteiger partial charge in [-0.25, -0.2) is 0 Å². The van der Waals surface area contributed by atoms with Crippen LogP contribution in [0.2, 0.25) is 0 Å². The van der Waals surface area contributed by atoms with Crippen LogP contribution in [0, 0.1) is 0 Å². The maximum absolute atomic E-state index is 5.55. The minimum absolute atomic E-state index is 0.396. The quantitative estimate of drug-likeness (QED) is 0.692. The van der Waals surface area contributed by atoms with E-state index in [9.17, 15) is 0 Å². The summed E-state index contributed by atoms with van der Waals surface area (Å²) < 4.78 is 10.6. The Morgan fingerprint density at radius 2 is 1.87 bits per heavy atom. The first kappa shape index (κ1) is 13.4. The van der Waals surface area contributed by atoms with Crippen LogP contribution in [0.5, 0.6) is 0 Å². The molecule has 1 fully saturated rings. The Balaban J connectivity index is 2.43. The van der Waals surface area contributed by atoms with Crippen LogP contribution < -0.4 is 0 Å². The SMILES string of the molecule is CC1CN(PN(C(C)C)C(C)C)CCO1. The lowest BCUT2D eigenvalue weighted by Gasteiger charge is -2.38. The molecule has 0 bridgehead atoms. The maximum atomic E-state index is 5.55. The summed E-state index contributed by atoms with van der Waals surface area (Å²) in [6.45, 7) is 14.3. The van der Waals surface area contributed by atoms with Gasteiger partial charge >= 0.3 is 0 Å². The molecule has 4 heteroatoms. The molecule has 1 heterocycles. The molecule has 0 aromatic carbocycles. The highest BCUT2D eigenvalue weighted by molar-refractivity contribution is 7.32. The summed E-state index contributed by atoms with van der Waals surface area (Å²) in [7, 11) is 0.806. The molecular weight excluding hydrogens is 207 g/mol. The average Bonchev–Trinajstić information content (AvgIpc) is 2.13. The zero-order chi connectivity index (χ0) is 11.4. The largest absolute Gasteiger partial charge is 0.376 e. The highest BCUT2D eigenvalue weighted by atomic mass is 31.1. The number of hydrogen-bond acceptors (Lipinski definition) is 3. The van der Waals surface area contributed by atoms with E-state index in [1.54, 1.807) is 0 Å². The van der Waals surface area contributed by atoms with Gasteiger partial charge in [-0.1, -0.05) is 0 Å². The minimum Gasteiger partial charge on any atom is -0.376 e. The van der Waals surface area contributed by atoms with E-state index >= 15 is 0 Å². The van der Waals surface area contributed by atoms with Crippen molar-refractivity contribution in [2.75, 3.05) is 19.7 Å². The van der Waals surface area contributed by atoms with Gasteiger partial charge in [-0.05, 0) is 34.6 Å². The van der Waals surface area contributed by atoms with Crippen molar-refractivity contribution in [1.29, 1.82) is 0 Å². The van der Waals surface area contributed by atoms with Crippen molar-refractivity contribution < 1.29 is 4.74 Å². The molecule has 1 aliphatic heterocycles.